The van der Waals surface area contributed by atoms with Gasteiger partial charge in [0.05, 0.1) is 18.8 Å². The highest BCUT2D eigenvalue weighted by molar-refractivity contribution is 7.80. The van der Waals surface area contributed by atoms with Gasteiger partial charge in [-0.2, -0.15) is 0 Å². The van der Waals surface area contributed by atoms with Gasteiger partial charge in [-0.25, -0.2) is 9.78 Å². The van der Waals surface area contributed by atoms with E-state index in [4.69, 9.17) is 9.84 Å². The molecule has 1 fully saturated rings. The SMILES string of the molecule is O=C(O)c1ccc(N2CCOCC2)nc1S. The van der Waals surface area contributed by atoms with E-state index in [1.165, 1.54) is 6.07 Å². The second-order valence-corrected chi connectivity index (χ2v) is 3.87. The lowest BCUT2D eigenvalue weighted by Gasteiger charge is -2.27. The first-order chi connectivity index (χ1) is 7.68. The van der Waals surface area contributed by atoms with Crippen molar-refractivity contribution >= 4 is 24.4 Å². The number of thiol groups is 1. The summed E-state index contributed by atoms with van der Waals surface area (Å²) in [5.74, 6) is -0.260. The molecule has 2 rings (SSSR count). The predicted molar refractivity (Wildman–Crippen MR) is 61.5 cm³/mol. The molecule has 1 aliphatic rings. The fourth-order valence-electron chi connectivity index (χ4n) is 1.57. The van der Waals surface area contributed by atoms with Gasteiger partial charge < -0.3 is 14.7 Å². The second kappa shape index (κ2) is 4.71. The number of morpholine rings is 1. The summed E-state index contributed by atoms with van der Waals surface area (Å²) in [6.45, 7) is 2.88. The molecule has 0 unspecified atom stereocenters. The normalized spacial score (nSPS) is 16.2. The fraction of sp³-hybridized carbons (Fsp3) is 0.400. The number of carbonyl (C=O) groups is 1. The van der Waals surface area contributed by atoms with Crippen molar-refractivity contribution in [2.45, 2.75) is 5.03 Å². The van der Waals surface area contributed by atoms with Gasteiger partial charge >= 0.3 is 5.97 Å². The first kappa shape index (κ1) is 11.2. The molecule has 1 aromatic rings. The van der Waals surface area contributed by atoms with E-state index in [0.717, 1.165) is 18.9 Å². The third-order valence-corrected chi connectivity index (χ3v) is 2.77. The fourth-order valence-corrected chi connectivity index (χ4v) is 1.85. The van der Waals surface area contributed by atoms with Crippen LogP contribution in [0.1, 0.15) is 10.4 Å². The van der Waals surface area contributed by atoms with E-state index in [-0.39, 0.29) is 10.6 Å². The molecule has 16 heavy (non-hydrogen) atoms. The van der Waals surface area contributed by atoms with Gasteiger partial charge in [-0.15, -0.1) is 12.6 Å². The van der Waals surface area contributed by atoms with Crippen molar-refractivity contribution < 1.29 is 14.6 Å². The van der Waals surface area contributed by atoms with Crippen molar-refractivity contribution in [3.8, 4) is 0 Å². The van der Waals surface area contributed by atoms with Gasteiger partial charge in [0.1, 0.15) is 10.8 Å². The van der Waals surface area contributed by atoms with Crippen molar-refractivity contribution in [1.82, 2.24) is 4.98 Å². The average Bonchev–Trinajstić information content (AvgIpc) is 2.29. The number of hydrogen-bond donors (Lipinski definition) is 2. The van der Waals surface area contributed by atoms with E-state index in [0.29, 0.717) is 13.2 Å². The Morgan fingerprint density at radius 3 is 2.69 bits per heavy atom. The Morgan fingerprint density at radius 1 is 1.44 bits per heavy atom. The summed E-state index contributed by atoms with van der Waals surface area (Å²) in [4.78, 5) is 17.0. The lowest BCUT2D eigenvalue weighted by atomic mass is 10.2. The molecule has 0 amide bonds. The summed E-state index contributed by atoms with van der Waals surface area (Å²) in [6, 6.07) is 3.23. The maximum absolute atomic E-state index is 10.8. The Kier molecular flexibility index (Phi) is 3.31. The first-order valence-corrected chi connectivity index (χ1v) is 5.39. The number of aromatic carboxylic acids is 1. The molecule has 0 bridgehead atoms. The standard InChI is InChI=1S/C10H12N2O3S/c13-10(14)7-1-2-8(11-9(7)16)12-3-5-15-6-4-12/h1-2H,3-6H2,(H,11,16)(H,13,14). The highest BCUT2D eigenvalue weighted by Crippen LogP contribution is 2.18. The number of nitrogens with zero attached hydrogens (tertiary/aromatic N) is 2. The number of hydrogen-bond acceptors (Lipinski definition) is 5. The molecule has 1 aliphatic heterocycles. The quantitative estimate of drug-likeness (QED) is 0.752. The molecule has 0 saturated carbocycles. The van der Waals surface area contributed by atoms with Crippen molar-refractivity contribution in [3.63, 3.8) is 0 Å². The summed E-state index contributed by atoms with van der Waals surface area (Å²) in [5.41, 5.74) is 0.125. The molecule has 0 spiro atoms. The Labute approximate surface area is 98.5 Å². The zero-order valence-corrected chi connectivity index (χ0v) is 9.48. The molecule has 5 nitrogen and oxygen atoms in total. The number of aromatic nitrogens is 1. The number of carboxylic acid groups (broad SMARTS) is 1. The van der Waals surface area contributed by atoms with Crippen LogP contribution in [0.25, 0.3) is 0 Å². The van der Waals surface area contributed by atoms with Gasteiger partial charge in [0.2, 0.25) is 0 Å². The minimum Gasteiger partial charge on any atom is -0.478 e. The molecule has 2 heterocycles. The van der Waals surface area contributed by atoms with Crippen LogP contribution in [-0.4, -0.2) is 42.4 Å². The highest BCUT2D eigenvalue weighted by Gasteiger charge is 2.15. The lowest BCUT2D eigenvalue weighted by Crippen LogP contribution is -2.36. The smallest absolute Gasteiger partial charge is 0.338 e. The maximum atomic E-state index is 10.8. The first-order valence-electron chi connectivity index (χ1n) is 4.94. The average molecular weight is 240 g/mol. The molecule has 0 aliphatic carbocycles. The zero-order valence-electron chi connectivity index (χ0n) is 8.59. The maximum Gasteiger partial charge on any atom is 0.338 e. The van der Waals surface area contributed by atoms with Crippen LogP contribution in [0.5, 0.6) is 0 Å². The summed E-state index contributed by atoms with van der Waals surface area (Å²) < 4.78 is 5.23. The largest absolute Gasteiger partial charge is 0.478 e. The van der Waals surface area contributed by atoms with Crippen LogP contribution in [0.4, 0.5) is 5.82 Å². The molecule has 0 atom stereocenters. The summed E-state index contributed by atoms with van der Waals surface area (Å²) >= 11 is 4.08. The third kappa shape index (κ3) is 2.28. The summed E-state index contributed by atoms with van der Waals surface area (Å²) in [7, 11) is 0. The van der Waals surface area contributed by atoms with Gasteiger partial charge in [0, 0.05) is 13.1 Å². The van der Waals surface area contributed by atoms with E-state index in [2.05, 4.69) is 22.5 Å². The Balaban J connectivity index is 2.23. The van der Waals surface area contributed by atoms with Crippen molar-refractivity contribution in [2.24, 2.45) is 0 Å². The van der Waals surface area contributed by atoms with Crippen molar-refractivity contribution in [1.29, 1.82) is 0 Å². The molecular formula is C10H12N2O3S. The number of pyridine rings is 1. The monoisotopic (exact) mass is 240 g/mol. The molecule has 1 saturated heterocycles. The third-order valence-electron chi connectivity index (χ3n) is 2.43. The van der Waals surface area contributed by atoms with Crippen LogP contribution in [-0.2, 0) is 4.74 Å². The molecule has 86 valence electrons. The van der Waals surface area contributed by atoms with Crippen LogP contribution in [0.2, 0.25) is 0 Å². The number of ether oxygens (including phenoxy) is 1. The number of anilines is 1. The van der Waals surface area contributed by atoms with Gasteiger partial charge in [-0.1, -0.05) is 0 Å². The molecular weight excluding hydrogens is 228 g/mol. The Hall–Kier alpha value is -1.27. The van der Waals surface area contributed by atoms with Gasteiger partial charge in [0.25, 0.3) is 0 Å². The molecule has 1 N–H and O–H groups in total. The Bertz CT molecular complexity index is 405. The molecule has 6 heteroatoms. The second-order valence-electron chi connectivity index (χ2n) is 3.45. The van der Waals surface area contributed by atoms with Crippen LogP contribution in [0, 0.1) is 0 Å². The topological polar surface area (TPSA) is 62.7 Å². The highest BCUT2D eigenvalue weighted by atomic mass is 32.1. The lowest BCUT2D eigenvalue weighted by molar-refractivity contribution is 0.0692. The number of carboxylic acids is 1. The van der Waals surface area contributed by atoms with E-state index >= 15 is 0 Å². The van der Waals surface area contributed by atoms with Crippen molar-refractivity contribution in [3.05, 3.63) is 17.7 Å². The molecule has 1 aromatic heterocycles. The predicted octanol–water partition coefficient (Wildman–Crippen LogP) is 0.905. The van der Waals surface area contributed by atoms with E-state index in [1.807, 2.05) is 0 Å². The molecule has 0 aromatic carbocycles. The van der Waals surface area contributed by atoms with Gasteiger partial charge in [0.15, 0.2) is 0 Å². The van der Waals surface area contributed by atoms with Crippen LogP contribution >= 0.6 is 12.6 Å². The Morgan fingerprint density at radius 2 is 2.12 bits per heavy atom. The van der Waals surface area contributed by atoms with Gasteiger partial charge in [-0.05, 0) is 12.1 Å². The summed E-state index contributed by atoms with van der Waals surface area (Å²) in [6.07, 6.45) is 0. The zero-order chi connectivity index (χ0) is 11.5. The van der Waals surface area contributed by atoms with E-state index in [9.17, 15) is 4.79 Å². The van der Waals surface area contributed by atoms with Crippen LogP contribution < -0.4 is 4.90 Å². The summed E-state index contributed by atoms with van der Waals surface area (Å²) in [5, 5.41) is 9.09. The van der Waals surface area contributed by atoms with Crippen LogP contribution in [0.3, 0.4) is 0 Å². The minimum atomic E-state index is -1.01. The molecule has 0 radical (unpaired) electrons. The van der Waals surface area contributed by atoms with E-state index in [1.54, 1.807) is 6.07 Å². The minimum absolute atomic E-state index is 0.125. The van der Waals surface area contributed by atoms with Gasteiger partial charge in [-0.3, -0.25) is 0 Å². The van der Waals surface area contributed by atoms with Crippen LogP contribution in [0.15, 0.2) is 17.2 Å². The van der Waals surface area contributed by atoms with E-state index < -0.39 is 5.97 Å². The van der Waals surface area contributed by atoms with Crippen molar-refractivity contribution in [2.75, 3.05) is 31.2 Å². The number of rotatable bonds is 2.